The highest BCUT2D eigenvalue weighted by Gasteiger charge is 2.19. The smallest absolute Gasteiger partial charge is 0.119 e. The third-order valence-corrected chi connectivity index (χ3v) is 3.11. The molecule has 94 valence electrons. The summed E-state index contributed by atoms with van der Waals surface area (Å²) in [6.45, 7) is 4.04. The van der Waals surface area contributed by atoms with Gasteiger partial charge in [0.05, 0.1) is 6.61 Å². The fraction of sp³-hybridized carbons (Fsp3) is 0.600. The average molecular weight is 233 g/mol. The molecule has 1 saturated carbocycles. The molecule has 1 aliphatic carbocycles. The fourth-order valence-corrected chi connectivity index (χ4v) is 1.80. The zero-order valence-electron chi connectivity index (χ0n) is 10.7. The Balaban J connectivity index is 1.68. The Morgan fingerprint density at radius 1 is 1.18 bits per heavy atom. The summed E-state index contributed by atoms with van der Waals surface area (Å²) in [6.07, 6.45) is 6.34. The van der Waals surface area contributed by atoms with Gasteiger partial charge in [-0.25, -0.2) is 0 Å². The molecular weight excluding hydrogens is 210 g/mol. The maximum Gasteiger partial charge on any atom is 0.119 e. The Hall–Kier alpha value is -1.02. The lowest BCUT2D eigenvalue weighted by atomic mass is 10.2. The number of hydrogen-bond donors (Lipinski definition) is 1. The van der Waals surface area contributed by atoms with Gasteiger partial charge in [-0.2, -0.15) is 0 Å². The SMILES string of the molecule is CCCCCOc1ccc(CNC2CC2)cc1. The number of benzene rings is 1. The summed E-state index contributed by atoms with van der Waals surface area (Å²) >= 11 is 0. The molecule has 0 amide bonds. The van der Waals surface area contributed by atoms with Gasteiger partial charge >= 0.3 is 0 Å². The van der Waals surface area contributed by atoms with Crippen LogP contribution in [0.25, 0.3) is 0 Å². The molecule has 0 unspecified atom stereocenters. The number of unbranched alkanes of at least 4 members (excludes halogenated alkanes) is 2. The number of hydrogen-bond acceptors (Lipinski definition) is 2. The van der Waals surface area contributed by atoms with Crippen molar-refractivity contribution < 1.29 is 4.74 Å². The molecule has 1 fully saturated rings. The predicted octanol–water partition coefficient (Wildman–Crippen LogP) is 3.51. The Labute approximate surface area is 104 Å². The fourth-order valence-electron chi connectivity index (χ4n) is 1.80. The van der Waals surface area contributed by atoms with Crippen LogP contribution in [0.2, 0.25) is 0 Å². The first-order valence-electron chi connectivity index (χ1n) is 6.83. The van der Waals surface area contributed by atoms with Crippen molar-refractivity contribution in [2.24, 2.45) is 0 Å². The van der Waals surface area contributed by atoms with Crippen molar-refractivity contribution in [1.82, 2.24) is 5.32 Å². The van der Waals surface area contributed by atoms with Crippen molar-refractivity contribution >= 4 is 0 Å². The second kappa shape index (κ2) is 6.65. The van der Waals surface area contributed by atoms with Crippen LogP contribution in [-0.4, -0.2) is 12.6 Å². The molecule has 0 radical (unpaired) electrons. The van der Waals surface area contributed by atoms with Crippen LogP contribution in [0.15, 0.2) is 24.3 Å². The van der Waals surface area contributed by atoms with Crippen molar-refractivity contribution in [3.05, 3.63) is 29.8 Å². The molecule has 2 heteroatoms. The van der Waals surface area contributed by atoms with Crippen LogP contribution >= 0.6 is 0 Å². The Kier molecular flexibility index (Phi) is 4.87. The summed E-state index contributed by atoms with van der Waals surface area (Å²) in [5, 5.41) is 3.51. The van der Waals surface area contributed by atoms with Crippen molar-refractivity contribution in [2.45, 2.75) is 51.6 Å². The van der Waals surface area contributed by atoms with Crippen LogP contribution in [0.4, 0.5) is 0 Å². The lowest BCUT2D eigenvalue weighted by Crippen LogP contribution is -2.15. The van der Waals surface area contributed by atoms with Crippen molar-refractivity contribution in [2.75, 3.05) is 6.61 Å². The highest BCUT2D eigenvalue weighted by molar-refractivity contribution is 5.27. The third-order valence-electron chi connectivity index (χ3n) is 3.11. The summed E-state index contributed by atoms with van der Waals surface area (Å²) in [5.41, 5.74) is 1.35. The first kappa shape index (κ1) is 12.4. The van der Waals surface area contributed by atoms with Gasteiger partial charge < -0.3 is 10.1 Å². The maximum atomic E-state index is 5.68. The van der Waals surface area contributed by atoms with E-state index in [1.165, 1.54) is 31.2 Å². The molecule has 1 aromatic carbocycles. The normalized spacial score (nSPS) is 14.9. The minimum atomic E-state index is 0.778. The van der Waals surface area contributed by atoms with Gasteiger partial charge in [0.2, 0.25) is 0 Å². The summed E-state index contributed by atoms with van der Waals surface area (Å²) in [7, 11) is 0. The van der Waals surface area contributed by atoms with Gasteiger partial charge in [0.25, 0.3) is 0 Å². The van der Waals surface area contributed by atoms with E-state index in [0.29, 0.717) is 0 Å². The molecule has 1 N–H and O–H groups in total. The molecule has 0 aromatic heterocycles. The highest BCUT2D eigenvalue weighted by Crippen LogP contribution is 2.20. The molecule has 1 aromatic rings. The summed E-state index contributed by atoms with van der Waals surface area (Å²) in [5.74, 6) is 0.997. The molecular formula is C15H23NO. The van der Waals surface area contributed by atoms with Crippen LogP contribution in [0.1, 0.15) is 44.6 Å². The Morgan fingerprint density at radius 3 is 2.59 bits per heavy atom. The van der Waals surface area contributed by atoms with Gasteiger partial charge in [0, 0.05) is 12.6 Å². The number of nitrogens with one attached hydrogen (secondary N) is 1. The van der Waals surface area contributed by atoms with E-state index in [2.05, 4.69) is 36.5 Å². The molecule has 0 heterocycles. The summed E-state index contributed by atoms with van der Waals surface area (Å²) in [6, 6.07) is 9.25. The van der Waals surface area contributed by atoms with Crippen LogP contribution in [-0.2, 0) is 6.54 Å². The molecule has 0 saturated heterocycles. The van der Waals surface area contributed by atoms with Crippen LogP contribution < -0.4 is 10.1 Å². The molecule has 2 rings (SSSR count). The largest absolute Gasteiger partial charge is 0.494 e. The summed E-state index contributed by atoms with van der Waals surface area (Å²) in [4.78, 5) is 0. The lowest BCUT2D eigenvalue weighted by Gasteiger charge is -2.07. The molecule has 0 spiro atoms. The molecule has 1 aliphatic rings. The van der Waals surface area contributed by atoms with Gasteiger partial charge in [-0.3, -0.25) is 0 Å². The van der Waals surface area contributed by atoms with Crippen molar-refractivity contribution in [3.8, 4) is 5.75 Å². The number of ether oxygens (including phenoxy) is 1. The second-order valence-electron chi connectivity index (χ2n) is 4.85. The zero-order chi connectivity index (χ0) is 11.9. The second-order valence-corrected chi connectivity index (χ2v) is 4.85. The van der Waals surface area contributed by atoms with Gasteiger partial charge in [0.1, 0.15) is 5.75 Å². The van der Waals surface area contributed by atoms with Gasteiger partial charge in [0.15, 0.2) is 0 Å². The van der Waals surface area contributed by atoms with Crippen molar-refractivity contribution in [1.29, 1.82) is 0 Å². The van der Waals surface area contributed by atoms with Crippen LogP contribution in [0.3, 0.4) is 0 Å². The van der Waals surface area contributed by atoms with Crippen LogP contribution in [0, 0.1) is 0 Å². The average Bonchev–Trinajstić information content (AvgIpc) is 3.18. The standard InChI is InChI=1S/C15H23NO/c1-2-3-4-11-17-15-9-5-13(6-10-15)12-16-14-7-8-14/h5-6,9-10,14,16H,2-4,7-8,11-12H2,1H3. The van der Waals surface area contributed by atoms with E-state index in [1.807, 2.05) is 0 Å². The molecule has 0 bridgehead atoms. The van der Waals surface area contributed by atoms with Crippen LogP contribution in [0.5, 0.6) is 5.75 Å². The lowest BCUT2D eigenvalue weighted by molar-refractivity contribution is 0.306. The first-order chi connectivity index (χ1) is 8.38. The Morgan fingerprint density at radius 2 is 1.94 bits per heavy atom. The highest BCUT2D eigenvalue weighted by atomic mass is 16.5. The molecule has 0 atom stereocenters. The first-order valence-corrected chi connectivity index (χ1v) is 6.83. The van der Waals surface area contributed by atoms with Gasteiger partial charge in [-0.15, -0.1) is 0 Å². The third kappa shape index (κ3) is 4.78. The summed E-state index contributed by atoms with van der Waals surface area (Å²) < 4.78 is 5.68. The Bertz CT molecular complexity index is 316. The zero-order valence-corrected chi connectivity index (χ0v) is 10.7. The van der Waals surface area contributed by atoms with Crippen molar-refractivity contribution in [3.63, 3.8) is 0 Å². The van der Waals surface area contributed by atoms with E-state index in [4.69, 9.17) is 4.74 Å². The monoisotopic (exact) mass is 233 g/mol. The van der Waals surface area contributed by atoms with E-state index in [9.17, 15) is 0 Å². The van der Waals surface area contributed by atoms with E-state index in [0.717, 1.165) is 31.4 Å². The van der Waals surface area contributed by atoms with Gasteiger partial charge in [-0.05, 0) is 37.0 Å². The van der Waals surface area contributed by atoms with E-state index >= 15 is 0 Å². The minimum Gasteiger partial charge on any atom is -0.494 e. The molecule has 2 nitrogen and oxygen atoms in total. The van der Waals surface area contributed by atoms with E-state index in [-0.39, 0.29) is 0 Å². The number of rotatable bonds is 8. The predicted molar refractivity (Wildman–Crippen MR) is 71.3 cm³/mol. The topological polar surface area (TPSA) is 21.3 Å². The quantitative estimate of drug-likeness (QED) is 0.694. The van der Waals surface area contributed by atoms with Gasteiger partial charge in [-0.1, -0.05) is 31.9 Å². The minimum absolute atomic E-state index is 0.778. The maximum absolute atomic E-state index is 5.68. The molecule has 0 aliphatic heterocycles. The molecule has 17 heavy (non-hydrogen) atoms. The van der Waals surface area contributed by atoms with E-state index in [1.54, 1.807) is 0 Å². The van der Waals surface area contributed by atoms with E-state index < -0.39 is 0 Å².